The summed E-state index contributed by atoms with van der Waals surface area (Å²) >= 11 is 0. The maximum Gasteiger partial charge on any atom is 0.253 e. The number of nitrogens with zero attached hydrogens (tertiary/aromatic N) is 5. The van der Waals surface area contributed by atoms with Crippen molar-refractivity contribution in [3.05, 3.63) is 87.0 Å². The summed E-state index contributed by atoms with van der Waals surface area (Å²) in [6.45, 7) is 7.34. The van der Waals surface area contributed by atoms with Crippen molar-refractivity contribution in [2.24, 2.45) is 5.92 Å². The van der Waals surface area contributed by atoms with Crippen LogP contribution in [-0.2, 0) is 17.7 Å². The summed E-state index contributed by atoms with van der Waals surface area (Å²) in [4.78, 5) is 19.1. The van der Waals surface area contributed by atoms with E-state index in [0.717, 1.165) is 68.5 Å². The second-order valence-electron chi connectivity index (χ2n) is 11.0. The van der Waals surface area contributed by atoms with Crippen LogP contribution in [0.3, 0.4) is 0 Å². The lowest BCUT2D eigenvalue weighted by atomic mass is 9.89. The van der Waals surface area contributed by atoms with E-state index in [-0.39, 0.29) is 17.7 Å². The van der Waals surface area contributed by atoms with Crippen molar-refractivity contribution < 1.29 is 4.74 Å². The zero-order chi connectivity index (χ0) is 26.1. The average Bonchev–Trinajstić information content (AvgIpc) is 3.60. The standard InChI is InChI=1S/C30H36N6O2/c1-20-15-24-18-26(30(37)31-27(24)16-21(20)2)28(29-32-33-34-36(29)19-25-9-6-14-38-25)35-12-10-23(11-13-35)17-22-7-4-3-5-8-22/h3-5,7-8,15-16,18,23,25,28H,6,9-14,17,19H2,1-2H3,(H,31,37)/t25-,28-/m0/s1. The Hall–Kier alpha value is -3.36. The molecule has 0 radical (unpaired) electrons. The van der Waals surface area contributed by atoms with Crippen molar-refractivity contribution >= 4 is 10.9 Å². The lowest BCUT2D eigenvalue weighted by Gasteiger charge is -2.37. The summed E-state index contributed by atoms with van der Waals surface area (Å²) in [7, 11) is 0. The Morgan fingerprint density at radius 1 is 1.05 bits per heavy atom. The van der Waals surface area contributed by atoms with Crippen molar-refractivity contribution in [1.29, 1.82) is 0 Å². The number of pyridine rings is 1. The van der Waals surface area contributed by atoms with Crippen molar-refractivity contribution in [2.75, 3.05) is 19.7 Å². The fourth-order valence-corrected chi connectivity index (χ4v) is 6.08. The smallest absolute Gasteiger partial charge is 0.253 e. The summed E-state index contributed by atoms with van der Waals surface area (Å²) in [6.07, 6.45) is 5.40. The van der Waals surface area contributed by atoms with Gasteiger partial charge < -0.3 is 9.72 Å². The Labute approximate surface area is 223 Å². The van der Waals surface area contributed by atoms with Crippen LogP contribution in [-0.4, -0.2) is 55.9 Å². The second-order valence-corrected chi connectivity index (χ2v) is 11.0. The predicted molar refractivity (Wildman–Crippen MR) is 147 cm³/mol. The van der Waals surface area contributed by atoms with Gasteiger partial charge >= 0.3 is 0 Å². The van der Waals surface area contributed by atoms with Crippen molar-refractivity contribution in [1.82, 2.24) is 30.1 Å². The second kappa shape index (κ2) is 10.8. The molecule has 0 spiro atoms. The van der Waals surface area contributed by atoms with Crippen LogP contribution in [0.4, 0.5) is 0 Å². The number of likely N-dealkylation sites (tertiary alicyclic amines) is 1. The third-order valence-corrected chi connectivity index (χ3v) is 8.37. The van der Waals surface area contributed by atoms with Gasteiger partial charge in [-0.15, -0.1) is 5.10 Å². The van der Waals surface area contributed by atoms with E-state index in [1.54, 1.807) is 0 Å². The molecule has 0 aliphatic carbocycles. The summed E-state index contributed by atoms with van der Waals surface area (Å²) in [5, 5.41) is 13.9. The number of aromatic amines is 1. The molecule has 38 heavy (non-hydrogen) atoms. The summed E-state index contributed by atoms with van der Waals surface area (Å²) in [6, 6.07) is 16.7. The number of hydrogen-bond donors (Lipinski definition) is 1. The maximum absolute atomic E-state index is 13.6. The van der Waals surface area contributed by atoms with Crippen LogP contribution in [0.1, 0.15) is 59.8 Å². The molecule has 1 N–H and O–H groups in total. The first-order valence-corrected chi connectivity index (χ1v) is 13.8. The van der Waals surface area contributed by atoms with Crippen molar-refractivity contribution in [2.45, 2.75) is 64.6 Å². The Balaban J connectivity index is 1.34. The first-order chi connectivity index (χ1) is 18.5. The van der Waals surface area contributed by atoms with Crippen LogP contribution < -0.4 is 5.56 Å². The van der Waals surface area contributed by atoms with Crippen molar-refractivity contribution in [3.63, 3.8) is 0 Å². The third-order valence-electron chi connectivity index (χ3n) is 8.37. The van der Waals surface area contributed by atoms with Crippen LogP contribution in [0.2, 0.25) is 0 Å². The quantitative estimate of drug-likeness (QED) is 0.396. The maximum atomic E-state index is 13.6. The molecule has 2 aromatic heterocycles. The highest BCUT2D eigenvalue weighted by Crippen LogP contribution is 2.32. The molecule has 4 heterocycles. The molecule has 0 amide bonds. The SMILES string of the molecule is Cc1cc2cc([C@@H](c3nnnn3C[C@@H]3CCCO3)N3CCC(Cc4ccccc4)CC3)c(=O)[nH]c2cc1C. The number of tetrazole rings is 1. The van der Waals surface area contributed by atoms with Gasteiger partial charge in [0.05, 0.1) is 12.6 Å². The lowest BCUT2D eigenvalue weighted by molar-refractivity contribution is 0.0892. The number of hydrogen-bond acceptors (Lipinski definition) is 6. The molecule has 0 unspecified atom stereocenters. The molecule has 2 atom stereocenters. The van der Waals surface area contributed by atoms with E-state index >= 15 is 0 Å². The zero-order valence-corrected chi connectivity index (χ0v) is 22.3. The van der Waals surface area contributed by atoms with Gasteiger partial charge in [0.2, 0.25) is 0 Å². The fourth-order valence-electron chi connectivity index (χ4n) is 6.08. The van der Waals surface area contributed by atoms with Crippen LogP contribution in [0.5, 0.6) is 0 Å². The Kier molecular flexibility index (Phi) is 7.08. The van der Waals surface area contributed by atoms with Gasteiger partial charge in [0.15, 0.2) is 5.82 Å². The summed E-state index contributed by atoms with van der Waals surface area (Å²) in [5.74, 6) is 1.34. The van der Waals surface area contributed by atoms with Crippen molar-refractivity contribution in [3.8, 4) is 0 Å². The van der Waals surface area contributed by atoms with Gasteiger partial charge in [0.1, 0.15) is 6.04 Å². The van der Waals surface area contributed by atoms with E-state index in [1.165, 1.54) is 16.7 Å². The largest absolute Gasteiger partial charge is 0.376 e. The first kappa shape index (κ1) is 24.9. The average molecular weight is 513 g/mol. The fraction of sp³-hybridized carbons (Fsp3) is 0.467. The number of ether oxygens (including phenoxy) is 1. The van der Waals surface area contributed by atoms with Crippen LogP contribution in [0, 0.1) is 19.8 Å². The summed E-state index contributed by atoms with van der Waals surface area (Å²) < 4.78 is 7.75. The minimum absolute atomic E-state index is 0.0798. The molecule has 2 aliphatic rings. The number of piperidine rings is 1. The third kappa shape index (κ3) is 5.15. The van der Waals surface area contributed by atoms with Gasteiger partial charge in [-0.25, -0.2) is 4.68 Å². The highest BCUT2D eigenvalue weighted by atomic mass is 16.5. The van der Waals surface area contributed by atoms with E-state index in [2.05, 4.69) is 81.7 Å². The van der Waals surface area contributed by atoms with Gasteiger partial charge in [-0.3, -0.25) is 9.69 Å². The molecule has 0 saturated carbocycles. The molecule has 2 fully saturated rings. The highest BCUT2D eigenvalue weighted by Gasteiger charge is 2.34. The number of rotatable bonds is 7. The first-order valence-electron chi connectivity index (χ1n) is 13.8. The predicted octanol–water partition coefficient (Wildman–Crippen LogP) is 4.35. The van der Waals surface area contributed by atoms with E-state index in [4.69, 9.17) is 4.74 Å². The van der Waals surface area contributed by atoms with E-state index in [1.807, 2.05) is 10.7 Å². The summed E-state index contributed by atoms with van der Waals surface area (Å²) in [5.41, 5.74) is 5.24. The van der Waals surface area contributed by atoms with Crippen LogP contribution >= 0.6 is 0 Å². The van der Waals surface area contributed by atoms with Crippen LogP contribution in [0.25, 0.3) is 10.9 Å². The zero-order valence-electron chi connectivity index (χ0n) is 22.3. The Bertz CT molecular complexity index is 1450. The number of benzene rings is 2. The molecule has 4 aromatic rings. The van der Waals surface area contributed by atoms with Crippen LogP contribution in [0.15, 0.2) is 53.3 Å². The molecule has 2 aromatic carbocycles. The van der Waals surface area contributed by atoms with Gasteiger partial charge in [-0.2, -0.15) is 0 Å². The minimum atomic E-state index is -0.321. The molecule has 8 nitrogen and oxygen atoms in total. The topological polar surface area (TPSA) is 88.9 Å². The van der Waals surface area contributed by atoms with E-state index in [0.29, 0.717) is 18.0 Å². The van der Waals surface area contributed by atoms with Gasteiger partial charge in [-0.1, -0.05) is 30.3 Å². The lowest BCUT2D eigenvalue weighted by Crippen LogP contribution is -2.41. The Morgan fingerprint density at radius 2 is 1.84 bits per heavy atom. The monoisotopic (exact) mass is 512 g/mol. The number of aryl methyl sites for hydroxylation is 2. The molecule has 8 heteroatoms. The van der Waals surface area contributed by atoms with Gasteiger partial charge in [0, 0.05) is 17.7 Å². The molecule has 2 saturated heterocycles. The highest BCUT2D eigenvalue weighted by molar-refractivity contribution is 5.81. The van der Waals surface area contributed by atoms with E-state index in [9.17, 15) is 4.79 Å². The normalized spacial score (nSPS) is 19.8. The molecular formula is C30H36N6O2. The number of nitrogens with one attached hydrogen (secondary N) is 1. The minimum Gasteiger partial charge on any atom is -0.376 e. The number of aromatic nitrogens is 5. The molecular weight excluding hydrogens is 476 g/mol. The van der Waals surface area contributed by atoms with E-state index < -0.39 is 0 Å². The number of H-pyrrole nitrogens is 1. The molecule has 6 rings (SSSR count). The number of fused-ring (bicyclic) bond motifs is 1. The molecule has 2 aliphatic heterocycles. The van der Waals surface area contributed by atoms with Gasteiger partial charge in [-0.05, 0) is 116 Å². The van der Waals surface area contributed by atoms with Gasteiger partial charge in [0.25, 0.3) is 5.56 Å². The molecule has 0 bridgehead atoms. The molecule has 198 valence electrons. The Morgan fingerprint density at radius 3 is 2.61 bits per heavy atom.